The Bertz CT molecular complexity index is 1240. The maximum atomic E-state index is 13.7. The summed E-state index contributed by atoms with van der Waals surface area (Å²) in [5.74, 6) is -0.556. The molecule has 7 nitrogen and oxygen atoms in total. The van der Waals surface area contributed by atoms with Gasteiger partial charge in [-0.2, -0.15) is 4.31 Å². The van der Waals surface area contributed by atoms with E-state index in [1.165, 1.54) is 33.6 Å². The van der Waals surface area contributed by atoms with Gasteiger partial charge in [0.25, 0.3) is 5.91 Å². The number of hydrogen-bond acceptors (Lipinski definition) is 4. The van der Waals surface area contributed by atoms with Crippen LogP contribution >= 0.6 is 0 Å². The zero-order valence-corrected chi connectivity index (χ0v) is 21.5. The van der Waals surface area contributed by atoms with Crippen molar-refractivity contribution in [3.8, 4) is 0 Å². The van der Waals surface area contributed by atoms with Gasteiger partial charge in [0.05, 0.1) is 10.4 Å². The van der Waals surface area contributed by atoms with Crippen molar-refractivity contribution in [3.63, 3.8) is 0 Å². The van der Waals surface area contributed by atoms with Gasteiger partial charge in [0.15, 0.2) is 0 Å². The van der Waals surface area contributed by atoms with Crippen LogP contribution < -0.4 is 10.6 Å². The van der Waals surface area contributed by atoms with E-state index < -0.39 is 21.1 Å². The average Bonchev–Trinajstić information content (AvgIpc) is 3.27. The molecule has 1 heterocycles. The molecule has 1 aliphatic heterocycles. The van der Waals surface area contributed by atoms with Gasteiger partial charge < -0.3 is 10.6 Å². The molecule has 0 radical (unpaired) electrons. The molecule has 2 N–H and O–H groups in total. The molecule has 186 valence electrons. The first kappa shape index (κ1) is 25.1. The van der Waals surface area contributed by atoms with Crippen LogP contribution in [0, 0.1) is 0 Å². The number of nitrogens with one attached hydrogen (secondary N) is 2. The van der Waals surface area contributed by atoms with Crippen molar-refractivity contribution in [1.29, 1.82) is 0 Å². The molecule has 8 heteroatoms. The summed E-state index contributed by atoms with van der Waals surface area (Å²) in [6.07, 6.45) is 3.23. The molecule has 35 heavy (non-hydrogen) atoms. The third-order valence-corrected chi connectivity index (χ3v) is 9.49. The van der Waals surface area contributed by atoms with Gasteiger partial charge in [-0.05, 0) is 88.4 Å². The summed E-state index contributed by atoms with van der Waals surface area (Å²) in [4.78, 5) is 24.9. The quantitative estimate of drug-likeness (QED) is 0.602. The van der Waals surface area contributed by atoms with Gasteiger partial charge in [-0.3, -0.25) is 9.59 Å². The number of sulfonamides is 1. The second-order valence-electron chi connectivity index (χ2n) is 10.6. The van der Waals surface area contributed by atoms with Crippen LogP contribution in [-0.2, 0) is 27.7 Å². The van der Waals surface area contributed by atoms with Crippen molar-refractivity contribution in [1.82, 2.24) is 14.9 Å². The predicted octanol–water partition coefficient (Wildman–Crippen LogP) is 3.21. The highest BCUT2D eigenvalue weighted by Crippen LogP contribution is 2.44. The molecule has 2 amide bonds. The van der Waals surface area contributed by atoms with Crippen LogP contribution in [0.15, 0.2) is 66.1 Å². The molecule has 1 atom stereocenters. The SMILES string of the molecule is C=CC(=O)NC1CC(C)(C)N(S(=O)(=O)c2ccc(C(=O)NC3Cc4ccccc4C3)cc2)C1(C)C. The molecule has 1 aliphatic carbocycles. The molecule has 1 saturated heterocycles. The number of amides is 2. The zero-order chi connectivity index (χ0) is 25.6. The molecule has 2 aromatic rings. The summed E-state index contributed by atoms with van der Waals surface area (Å²) < 4.78 is 29.0. The standard InChI is InChI=1S/C27H33N3O4S/c1-6-24(31)29-23-17-26(2,3)30(27(23,4)5)35(33,34)22-13-11-18(12-14-22)25(32)28-21-15-19-9-7-8-10-20(19)16-21/h6-14,21,23H,1,15-17H2,2-5H3,(H,28,32)(H,29,31). The number of rotatable bonds is 6. The minimum atomic E-state index is -3.91. The summed E-state index contributed by atoms with van der Waals surface area (Å²) in [5.41, 5.74) is 1.31. The second-order valence-corrected chi connectivity index (χ2v) is 12.4. The minimum Gasteiger partial charge on any atom is -0.349 e. The van der Waals surface area contributed by atoms with E-state index in [0.29, 0.717) is 12.0 Å². The number of carbonyl (C=O) groups is 2. The fourth-order valence-electron chi connectivity index (χ4n) is 5.66. The number of hydrogen-bond donors (Lipinski definition) is 2. The summed E-state index contributed by atoms with van der Waals surface area (Å²) in [7, 11) is -3.91. The highest BCUT2D eigenvalue weighted by Gasteiger charge is 2.57. The largest absolute Gasteiger partial charge is 0.349 e. The van der Waals surface area contributed by atoms with Gasteiger partial charge in [-0.25, -0.2) is 8.42 Å². The number of carbonyl (C=O) groups excluding carboxylic acids is 2. The smallest absolute Gasteiger partial charge is 0.251 e. The third-order valence-electron chi connectivity index (χ3n) is 7.17. The Morgan fingerprint density at radius 1 is 0.971 bits per heavy atom. The molecule has 0 aromatic heterocycles. The number of fused-ring (bicyclic) bond motifs is 1. The predicted molar refractivity (Wildman–Crippen MR) is 135 cm³/mol. The molecule has 0 bridgehead atoms. The van der Waals surface area contributed by atoms with Gasteiger partial charge in [-0.1, -0.05) is 30.8 Å². The van der Waals surface area contributed by atoms with Crippen molar-refractivity contribution in [2.75, 3.05) is 0 Å². The lowest BCUT2D eigenvalue weighted by molar-refractivity contribution is -0.117. The van der Waals surface area contributed by atoms with Crippen LogP contribution in [0.5, 0.6) is 0 Å². The molecule has 1 unspecified atom stereocenters. The molecule has 2 aliphatic rings. The van der Waals surface area contributed by atoms with E-state index in [9.17, 15) is 18.0 Å². The van der Waals surface area contributed by atoms with Crippen molar-refractivity contribution in [2.45, 2.75) is 75.0 Å². The lowest BCUT2D eigenvalue weighted by atomic mass is 9.94. The van der Waals surface area contributed by atoms with E-state index in [2.05, 4.69) is 29.3 Å². The van der Waals surface area contributed by atoms with E-state index in [4.69, 9.17) is 0 Å². The molecule has 2 aromatic carbocycles. The summed E-state index contributed by atoms with van der Waals surface area (Å²) >= 11 is 0. The van der Waals surface area contributed by atoms with E-state index >= 15 is 0 Å². The first-order valence-corrected chi connectivity index (χ1v) is 13.3. The van der Waals surface area contributed by atoms with E-state index in [1.54, 1.807) is 12.1 Å². The molecular formula is C27H33N3O4S. The Morgan fingerprint density at radius 3 is 2.09 bits per heavy atom. The van der Waals surface area contributed by atoms with Crippen molar-refractivity contribution >= 4 is 21.8 Å². The summed E-state index contributed by atoms with van der Waals surface area (Å²) in [5, 5.41) is 5.94. The first-order chi connectivity index (χ1) is 16.4. The van der Waals surface area contributed by atoms with Gasteiger partial charge >= 0.3 is 0 Å². The van der Waals surface area contributed by atoms with Crippen molar-refractivity contribution in [2.24, 2.45) is 0 Å². The maximum Gasteiger partial charge on any atom is 0.251 e. The van der Waals surface area contributed by atoms with E-state index in [0.717, 1.165) is 12.8 Å². The molecule has 4 rings (SSSR count). The van der Waals surface area contributed by atoms with Crippen LogP contribution in [0.4, 0.5) is 0 Å². The maximum absolute atomic E-state index is 13.7. The van der Waals surface area contributed by atoms with Gasteiger partial charge in [0.2, 0.25) is 15.9 Å². The Morgan fingerprint density at radius 2 is 1.54 bits per heavy atom. The fraction of sp³-hybridized carbons (Fsp3) is 0.407. The van der Waals surface area contributed by atoms with Crippen molar-refractivity contribution < 1.29 is 18.0 Å². The molecule has 0 spiro atoms. The van der Waals surface area contributed by atoms with Crippen LogP contribution in [0.2, 0.25) is 0 Å². The topological polar surface area (TPSA) is 95.6 Å². The van der Waals surface area contributed by atoms with Gasteiger partial charge in [0, 0.05) is 23.2 Å². The Hall–Kier alpha value is -2.97. The average molecular weight is 496 g/mol. The third kappa shape index (κ3) is 4.65. The van der Waals surface area contributed by atoms with Gasteiger partial charge in [0.1, 0.15) is 0 Å². The highest BCUT2D eigenvalue weighted by molar-refractivity contribution is 7.89. The second kappa shape index (κ2) is 8.91. The molecular weight excluding hydrogens is 462 g/mol. The van der Waals surface area contributed by atoms with E-state index in [1.807, 2.05) is 39.8 Å². The summed E-state index contributed by atoms with van der Waals surface area (Å²) in [6.45, 7) is 10.8. The Kier molecular flexibility index (Phi) is 6.40. The minimum absolute atomic E-state index is 0.0252. The highest BCUT2D eigenvalue weighted by atomic mass is 32.2. The Labute approximate surface area is 207 Å². The lowest BCUT2D eigenvalue weighted by Crippen LogP contribution is -2.56. The normalized spacial score (nSPS) is 21.3. The fourth-order valence-corrected chi connectivity index (χ4v) is 7.82. The molecule has 1 fully saturated rings. The lowest BCUT2D eigenvalue weighted by Gasteiger charge is -2.40. The first-order valence-electron chi connectivity index (χ1n) is 11.8. The van der Waals surface area contributed by atoms with Crippen LogP contribution in [0.3, 0.4) is 0 Å². The van der Waals surface area contributed by atoms with Crippen LogP contribution in [-0.4, -0.2) is 47.7 Å². The zero-order valence-electron chi connectivity index (χ0n) is 20.7. The van der Waals surface area contributed by atoms with Crippen molar-refractivity contribution in [3.05, 3.63) is 77.9 Å². The summed E-state index contributed by atoms with van der Waals surface area (Å²) in [6, 6.07) is 13.9. The molecule has 0 saturated carbocycles. The van der Waals surface area contributed by atoms with E-state index in [-0.39, 0.29) is 28.8 Å². The van der Waals surface area contributed by atoms with Crippen LogP contribution in [0.1, 0.15) is 55.6 Å². The van der Waals surface area contributed by atoms with Crippen LogP contribution in [0.25, 0.3) is 0 Å². The monoisotopic (exact) mass is 495 g/mol. The van der Waals surface area contributed by atoms with Gasteiger partial charge in [-0.15, -0.1) is 0 Å². The number of benzene rings is 2. The number of nitrogens with zero attached hydrogens (tertiary/aromatic N) is 1. The Balaban J connectivity index is 1.51.